The van der Waals surface area contributed by atoms with E-state index in [4.69, 9.17) is 4.74 Å². The number of rotatable bonds is 5. The van der Waals surface area contributed by atoms with E-state index in [-0.39, 0.29) is 12.2 Å². The molecule has 0 N–H and O–H groups in total. The molecule has 0 aliphatic rings. The number of carbonyl (C=O) groups is 2. The van der Waals surface area contributed by atoms with Gasteiger partial charge in [-0.15, -0.1) is 0 Å². The van der Waals surface area contributed by atoms with Gasteiger partial charge in [0.2, 0.25) is 0 Å². The fraction of sp³-hybridized carbons (Fsp3) is 0.333. The Hall–Kier alpha value is -1.34. The molecule has 0 amide bonds. The van der Waals surface area contributed by atoms with Gasteiger partial charge in [-0.05, 0) is 24.6 Å². The third-order valence-corrected chi connectivity index (χ3v) is 5.63. The maximum absolute atomic E-state index is 11.9. The van der Waals surface area contributed by atoms with Crippen molar-refractivity contribution >= 4 is 30.7 Å². The van der Waals surface area contributed by atoms with Gasteiger partial charge in [-0.2, -0.15) is 0 Å². The zero-order valence-electron chi connectivity index (χ0n) is 10.5. The fourth-order valence-electron chi connectivity index (χ4n) is 1.25. The summed E-state index contributed by atoms with van der Waals surface area (Å²) < 4.78 is 28.4. The first-order valence-electron chi connectivity index (χ1n) is 5.57. The Morgan fingerprint density at radius 3 is 2.37 bits per heavy atom. The standard InChI is InChI=1S/C12H14O5S2/c1-3-17-11(13)9(2)18-19(15,16)12(14)10-7-5-4-6-8-10/h4-9H,3H2,1-2H3. The Kier molecular flexibility index (Phi) is 5.56. The lowest BCUT2D eigenvalue weighted by molar-refractivity contribution is -0.142. The van der Waals surface area contributed by atoms with Crippen molar-refractivity contribution in [2.45, 2.75) is 19.1 Å². The van der Waals surface area contributed by atoms with E-state index < -0.39 is 25.2 Å². The van der Waals surface area contributed by atoms with E-state index in [1.165, 1.54) is 19.1 Å². The first-order valence-corrected chi connectivity index (χ1v) is 8.45. The second-order valence-electron chi connectivity index (χ2n) is 3.60. The molecule has 0 saturated heterocycles. The van der Waals surface area contributed by atoms with Crippen molar-refractivity contribution in [1.82, 2.24) is 0 Å². The van der Waals surface area contributed by atoms with Crippen LogP contribution in [0.5, 0.6) is 0 Å². The molecule has 0 bridgehead atoms. The van der Waals surface area contributed by atoms with Crippen molar-refractivity contribution in [3.05, 3.63) is 35.9 Å². The molecular formula is C12H14O5S2. The van der Waals surface area contributed by atoms with Gasteiger partial charge in [0.15, 0.2) is 0 Å². The average molecular weight is 302 g/mol. The molecule has 0 saturated carbocycles. The Labute approximate surface area is 115 Å². The second-order valence-corrected chi connectivity index (χ2v) is 7.67. The smallest absolute Gasteiger partial charge is 0.319 e. The van der Waals surface area contributed by atoms with Crippen LogP contribution in [0.2, 0.25) is 0 Å². The van der Waals surface area contributed by atoms with Crippen molar-refractivity contribution in [3.63, 3.8) is 0 Å². The predicted octanol–water partition coefficient (Wildman–Crippen LogP) is 1.84. The Bertz CT molecular complexity index is 551. The minimum absolute atomic E-state index is 0.0751. The number of hydrogen-bond donors (Lipinski definition) is 0. The van der Waals surface area contributed by atoms with E-state index in [9.17, 15) is 18.0 Å². The van der Waals surface area contributed by atoms with Gasteiger partial charge in [0, 0.05) is 5.56 Å². The summed E-state index contributed by atoms with van der Waals surface area (Å²) in [4.78, 5) is 23.2. The number of esters is 1. The highest BCUT2D eigenvalue weighted by molar-refractivity contribution is 8.77. The SMILES string of the molecule is CCOC(=O)C(C)SS(=O)(=O)C(=O)c1ccccc1. The summed E-state index contributed by atoms with van der Waals surface area (Å²) in [6, 6.07) is 7.65. The number of benzene rings is 1. The molecule has 0 aliphatic carbocycles. The van der Waals surface area contributed by atoms with Gasteiger partial charge in [-0.3, -0.25) is 9.59 Å². The second kappa shape index (κ2) is 6.72. The van der Waals surface area contributed by atoms with E-state index in [2.05, 4.69) is 0 Å². The van der Waals surface area contributed by atoms with Gasteiger partial charge in [0.05, 0.1) is 6.61 Å². The van der Waals surface area contributed by atoms with Crippen LogP contribution in [0.15, 0.2) is 30.3 Å². The van der Waals surface area contributed by atoms with E-state index in [1.807, 2.05) is 0 Å². The van der Waals surface area contributed by atoms with Crippen LogP contribution < -0.4 is 0 Å². The van der Waals surface area contributed by atoms with Crippen LogP contribution in [0.4, 0.5) is 0 Å². The zero-order chi connectivity index (χ0) is 14.5. The van der Waals surface area contributed by atoms with E-state index in [0.717, 1.165) is 0 Å². The van der Waals surface area contributed by atoms with Gasteiger partial charge >= 0.3 is 5.97 Å². The first-order chi connectivity index (χ1) is 8.88. The highest BCUT2D eigenvalue weighted by atomic mass is 33.1. The van der Waals surface area contributed by atoms with Crippen molar-refractivity contribution in [3.8, 4) is 0 Å². The molecule has 0 heterocycles. The molecule has 0 spiro atoms. The van der Waals surface area contributed by atoms with Crippen LogP contribution in [0.1, 0.15) is 24.2 Å². The van der Waals surface area contributed by atoms with Gasteiger partial charge in [0.1, 0.15) is 5.25 Å². The molecular weight excluding hydrogens is 288 g/mol. The Morgan fingerprint density at radius 2 is 1.84 bits per heavy atom. The monoisotopic (exact) mass is 302 g/mol. The summed E-state index contributed by atoms with van der Waals surface area (Å²) in [5.74, 6) is -0.656. The fourth-order valence-corrected chi connectivity index (χ4v) is 4.22. The molecule has 1 aromatic carbocycles. The van der Waals surface area contributed by atoms with Crippen molar-refractivity contribution in [2.24, 2.45) is 0 Å². The summed E-state index contributed by atoms with van der Waals surface area (Å²) in [6.07, 6.45) is 0. The van der Waals surface area contributed by atoms with Crippen LogP contribution in [0, 0.1) is 0 Å². The molecule has 19 heavy (non-hydrogen) atoms. The van der Waals surface area contributed by atoms with Crippen molar-refractivity contribution in [1.29, 1.82) is 0 Å². The van der Waals surface area contributed by atoms with Crippen LogP contribution in [-0.2, 0) is 18.4 Å². The summed E-state index contributed by atoms with van der Waals surface area (Å²) in [5, 5.41) is -1.95. The normalized spacial score (nSPS) is 12.7. The minimum Gasteiger partial charge on any atom is -0.465 e. The third kappa shape index (κ3) is 4.36. The molecule has 1 aromatic rings. The number of hydrogen-bond acceptors (Lipinski definition) is 6. The lowest BCUT2D eigenvalue weighted by Gasteiger charge is -2.09. The minimum atomic E-state index is -4.10. The predicted molar refractivity (Wildman–Crippen MR) is 73.4 cm³/mol. The molecule has 7 heteroatoms. The van der Waals surface area contributed by atoms with Gasteiger partial charge in [0.25, 0.3) is 14.0 Å². The maximum atomic E-state index is 11.9. The van der Waals surface area contributed by atoms with Crippen LogP contribution in [-0.4, -0.2) is 31.4 Å². The molecule has 0 radical (unpaired) electrons. The van der Waals surface area contributed by atoms with Crippen LogP contribution in [0.25, 0.3) is 0 Å². The zero-order valence-corrected chi connectivity index (χ0v) is 12.2. The Balaban J connectivity index is 2.82. The third-order valence-electron chi connectivity index (χ3n) is 2.13. The molecule has 5 nitrogen and oxygen atoms in total. The van der Waals surface area contributed by atoms with E-state index >= 15 is 0 Å². The largest absolute Gasteiger partial charge is 0.465 e. The highest BCUT2D eigenvalue weighted by Crippen LogP contribution is 2.24. The lowest BCUT2D eigenvalue weighted by atomic mass is 10.2. The van der Waals surface area contributed by atoms with Crippen LogP contribution >= 0.6 is 10.8 Å². The molecule has 104 valence electrons. The van der Waals surface area contributed by atoms with Gasteiger partial charge in [-0.25, -0.2) is 8.42 Å². The summed E-state index contributed by atoms with van der Waals surface area (Å²) >= 11 is 0. The molecule has 1 rings (SSSR count). The molecule has 0 aliphatic heterocycles. The average Bonchev–Trinajstić information content (AvgIpc) is 2.38. The van der Waals surface area contributed by atoms with E-state index in [1.54, 1.807) is 25.1 Å². The maximum Gasteiger partial charge on any atom is 0.319 e. The summed E-state index contributed by atoms with van der Waals surface area (Å²) in [5.41, 5.74) is 0.0751. The summed E-state index contributed by atoms with van der Waals surface area (Å²) in [6.45, 7) is 3.17. The van der Waals surface area contributed by atoms with Crippen LogP contribution in [0.3, 0.4) is 0 Å². The van der Waals surface area contributed by atoms with Crippen molar-refractivity contribution < 1.29 is 22.7 Å². The number of carbonyl (C=O) groups excluding carboxylic acids is 2. The van der Waals surface area contributed by atoms with E-state index in [0.29, 0.717) is 10.8 Å². The highest BCUT2D eigenvalue weighted by Gasteiger charge is 2.30. The van der Waals surface area contributed by atoms with Crippen molar-refractivity contribution in [2.75, 3.05) is 6.61 Å². The summed E-state index contributed by atoms with van der Waals surface area (Å²) in [7, 11) is -3.80. The van der Waals surface area contributed by atoms with Gasteiger partial charge in [-0.1, -0.05) is 30.3 Å². The first kappa shape index (κ1) is 15.7. The molecule has 0 fully saturated rings. The van der Waals surface area contributed by atoms with Gasteiger partial charge < -0.3 is 4.74 Å². The molecule has 1 unspecified atom stereocenters. The molecule has 0 aromatic heterocycles. The Morgan fingerprint density at radius 1 is 1.26 bits per heavy atom. The molecule has 1 atom stereocenters. The number of ether oxygens (including phenoxy) is 1. The quantitative estimate of drug-likeness (QED) is 0.610. The topological polar surface area (TPSA) is 77.5 Å². The lowest BCUT2D eigenvalue weighted by Crippen LogP contribution is -2.21.